The van der Waals surface area contributed by atoms with Gasteiger partial charge in [-0.1, -0.05) is 0 Å². The molecule has 0 radical (unpaired) electrons. The predicted molar refractivity (Wildman–Crippen MR) is 50.6 cm³/mol. The molecule has 0 bridgehead atoms. The van der Waals surface area contributed by atoms with Crippen molar-refractivity contribution >= 4 is 10.0 Å². The summed E-state index contributed by atoms with van der Waals surface area (Å²) in [6.45, 7) is 1.68. The minimum Gasteiger partial charge on any atom is -0.329 e. The minimum absolute atomic E-state index is 0.102. The lowest BCUT2D eigenvalue weighted by molar-refractivity contribution is 0.334. The fourth-order valence-electron chi connectivity index (χ4n) is 2.08. The number of piperidine rings is 1. The number of nitrogens with zero attached hydrogens (tertiary/aromatic N) is 1. The first kappa shape index (κ1) is 9.43. The van der Waals surface area contributed by atoms with Crippen LogP contribution in [0.5, 0.6) is 0 Å². The van der Waals surface area contributed by atoms with E-state index in [0.29, 0.717) is 12.5 Å². The van der Waals surface area contributed by atoms with E-state index in [0.717, 1.165) is 18.9 Å². The van der Waals surface area contributed by atoms with Gasteiger partial charge in [0.1, 0.15) is 0 Å². The maximum atomic E-state index is 11.6. The first-order chi connectivity index (χ1) is 6.13. The zero-order valence-corrected chi connectivity index (χ0v) is 8.46. The molecule has 0 amide bonds. The lowest BCUT2D eigenvalue weighted by Gasteiger charge is -2.25. The van der Waals surface area contributed by atoms with Gasteiger partial charge in [0.15, 0.2) is 0 Å². The molecule has 0 aromatic carbocycles. The van der Waals surface area contributed by atoms with Crippen molar-refractivity contribution in [1.29, 1.82) is 0 Å². The van der Waals surface area contributed by atoms with E-state index in [1.54, 1.807) is 4.31 Å². The van der Waals surface area contributed by atoms with Crippen molar-refractivity contribution in [1.82, 2.24) is 4.31 Å². The monoisotopic (exact) mass is 204 g/mol. The molecule has 2 fully saturated rings. The largest absolute Gasteiger partial charge is 0.329 e. The second kappa shape index (κ2) is 3.22. The highest BCUT2D eigenvalue weighted by Crippen LogP contribution is 2.45. The van der Waals surface area contributed by atoms with Gasteiger partial charge in [0.25, 0.3) is 0 Å². The molecule has 1 saturated carbocycles. The van der Waals surface area contributed by atoms with Crippen LogP contribution in [0.3, 0.4) is 0 Å². The third-order valence-corrected chi connectivity index (χ3v) is 4.90. The topological polar surface area (TPSA) is 63.4 Å². The maximum Gasteiger partial charge on any atom is 0.215 e. The van der Waals surface area contributed by atoms with Crippen molar-refractivity contribution in [3.8, 4) is 0 Å². The number of nitrogens with two attached hydrogens (primary N) is 1. The van der Waals surface area contributed by atoms with Gasteiger partial charge >= 0.3 is 0 Å². The first-order valence-corrected chi connectivity index (χ1v) is 6.42. The average Bonchev–Trinajstić information content (AvgIpc) is 2.80. The number of sulfonamides is 1. The van der Waals surface area contributed by atoms with Crippen molar-refractivity contribution in [2.75, 3.05) is 25.4 Å². The Balaban J connectivity index is 1.99. The Labute approximate surface area is 79.1 Å². The van der Waals surface area contributed by atoms with Crippen LogP contribution in [0.15, 0.2) is 0 Å². The molecular formula is C8H16N2O2S. The summed E-state index contributed by atoms with van der Waals surface area (Å²) in [6.07, 6.45) is 2.28. The van der Waals surface area contributed by atoms with E-state index in [2.05, 4.69) is 0 Å². The summed E-state index contributed by atoms with van der Waals surface area (Å²) in [6, 6.07) is 0. The van der Waals surface area contributed by atoms with Gasteiger partial charge in [0.05, 0.1) is 5.75 Å². The highest BCUT2D eigenvalue weighted by Gasteiger charge is 2.44. The van der Waals surface area contributed by atoms with Crippen LogP contribution in [-0.2, 0) is 10.0 Å². The van der Waals surface area contributed by atoms with Gasteiger partial charge in [-0.3, -0.25) is 0 Å². The molecule has 5 heteroatoms. The quantitative estimate of drug-likeness (QED) is 0.681. The standard InChI is InChI=1S/C8H16N2O2S/c9-2-4-13(11,12)10-3-1-7-5-8(7)6-10/h7-8H,1-6,9H2. The van der Waals surface area contributed by atoms with Gasteiger partial charge in [-0.25, -0.2) is 12.7 Å². The van der Waals surface area contributed by atoms with Gasteiger partial charge < -0.3 is 5.73 Å². The van der Waals surface area contributed by atoms with Gasteiger partial charge in [0.2, 0.25) is 10.0 Å². The number of hydrogen-bond donors (Lipinski definition) is 1. The summed E-state index contributed by atoms with van der Waals surface area (Å²) in [5.74, 6) is 1.58. The summed E-state index contributed by atoms with van der Waals surface area (Å²) >= 11 is 0. The Morgan fingerprint density at radius 3 is 2.77 bits per heavy atom. The van der Waals surface area contributed by atoms with E-state index in [1.807, 2.05) is 0 Å². The minimum atomic E-state index is -3.03. The van der Waals surface area contributed by atoms with E-state index in [4.69, 9.17) is 5.73 Å². The molecule has 13 heavy (non-hydrogen) atoms. The zero-order chi connectivity index (χ0) is 9.47. The lowest BCUT2D eigenvalue weighted by atomic mass is 10.2. The normalized spacial score (nSPS) is 34.2. The molecule has 2 unspecified atom stereocenters. The van der Waals surface area contributed by atoms with Crippen LogP contribution < -0.4 is 5.73 Å². The summed E-state index contributed by atoms with van der Waals surface area (Å²) in [5.41, 5.74) is 5.26. The third kappa shape index (κ3) is 1.87. The number of fused-ring (bicyclic) bond motifs is 1. The van der Waals surface area contributed by atoms with Crippen molar-refractivity contribution in [3.63, 3.8) is 0 Å². The van der Waals surface area contributed by atoms with Gasteiger partial charge in [-0.15, -0.1) is 0 Å². The molecule has 1 aliphatic heterocycles. The number of hydrogen-bond acceptors (Lipinski definition) is 3. The van der Waals surface area contributed by atoms with E-state index in [-0.39, 0.29) is 12.3 Å². The van der Waals surface area contributed by atoms with E-state index in [1.165, 1.54) is 6.42 Å². The third-order valence-electron chi connectivity index (χ3n) is 3.03. The van der Waals surface area contributed by atoms with Gasteiger partial charge in [-0.05, 0) is 24.7 Å². The molecule has 0 spiro atoms. The van der Waals surface area contributed by atoms with Crippen molar-refractivity contribution in [2.45, 2.75) is 12.8 Å². The fourth-order valence-corrected chi connectivity index (χ4v) is 3.44. The Morgan fingerprint density at radius 1 is 1.38 bits per heavy atom. The van der Waals surface area contributed by atoms with Crippen LogP contribution >= 0.6 is 0 Å². The smallest absolute Gasteiger partial charge is 0.215 e. The van der Waals surface area contributed by atoms with Crippen molar-refractivity contribution < 1.29 is 8.42 Å². The van der Waals surface area contributed by atoms with Gasteiger partial charge in [-0.2, -0.15) is 0 Å². The summed E-state index contributed by atoms with van der Waals surface area (Å²) < 4.78 is 24.8. The lowest BCUT2D eigenvalue weighted by Crippen LogP contribution is -2.39. The second-order valence-corrected chi connectivity index (χ2v) is 6.10. The van der Waals surface area contributed by atoms with Crippen LogP contribution in [0.2, 0.25) is 0 Å². The van der Waals surface area contributed by atoms with Crippen LogP contribution in [0.25, 0.3) is 0 Å². The molecule has 1 heterocycles. The molecule has 2 N–H and O–H groups in total. The summed E-state index contributed by atoms with van der Waals surface area (Å²) in [5, 5.41) is 0. The van der Waals surface area contributed by atoms with Gasteiger partial charge in [0, 0.05) is 19.6 Å². The van der Waals surface area contributed by atoms with E-state index >= 15 is 0 Å². The molecule has 2 atom stereocenters. The summed E-state index contributed by atoms with van der Waals surface area (Å²) in [4.78, 5) is 0. The van der Waals surface area contributed by atoms with Crippen LogP contribution in [-0.4, -0.2) is 38.1 Å². The zero-order valence-electron chi connectivity index (χ0n) is 7.65. The molecular weight excluding hydrogens is 188 g/mol. The SMILES string of the molecule is NCCS(=O)(=O)N1CCC2CC2C1. The Kier molecular flexibility index (Phi) is 2.33. The van der Waals surface area contributed by atoms with Crippen molar-refractivity contribution in [3.05, 3.63) is 0 Å². The Hall–Kier alpha value is -0.130. The maximum absolute atomic E-state index is 11.6. The van der Waals surface area contributed by atoms with Crippen molar-refractivity contribution in [2.24, 2.45) is 17.6 Å². The molecule has 2 rings (SSSR count). The second-order valence-electron chi connectivity index (χ2n) is 4.01. The fraction of sp³-hybridized carbons (Fsp3) is 1.00. The Morgan fingerprint density at radius 2 is 2.15 bits per heavy atom. The molecule has 4 nitrogen and oxygen atoms in total. The van der Waals surface area contributed by atoms with Crippen LogP contribution in [0, 0.1) is 11.8 Å². The highest BCUT2D eigenvalue weighted by atomic mass is 32.2. The molecule has 0 aromatic rings. The molecule has 0 aromatic heterocycles. The predicted octanol–water partition coefficient (Wildman–Crippen LogP) is -0.383. The molecule has 1 aliphatic carbocycles. The first-order valence-electron chi connectivity index (χ1n) is 4.81. The van der Waals surface area contributed by atoms with Crippen LogP contribution in [0.1, 0.15) is 12.8 Å². The van der Waals surface area contributed by atoms with E-state index in [9.17, 15) is 8.42 Å². The highest BCUT2D eigenvalue weighted by molar-refractivity contribution is 7.89. The number of rotatable bonds is 3. The summed E-state index contributed by atoms with van der Waals surface area (Å²) in [7, 11) is -3.03. The molecule has 1 saturated heterocycles. The van der Waals surface area contributed by atoms with E-state index < -0.39 is 10.0 Å². The average molecular weight is 204 g/mol. The Bertz CT molecular complexity index is 289. The molecule has 76 valence electrons. The molecule has 2 aliphatic rings. The van der Waals surface area contributed by atoms with Crippen LogP contribution in [0.4, 0.5) is 0 Å².